The molecule has 1 aromatic carbocycles. The van der Waals surface area contributed by atoms with E-state index < -0.39 is 0 Å². The van der Waals surface area contributed by atoms with Gasteiger partial charge in [0.05, 0.1) is 5.92 Å². The number of piperidine rings is 1. The molecule has 2 rings (SSSR count). The highest BCUT2D eigenvalue weighted by Crippen LogP contribution is 2.22. The van der Waals surface area contributed by atoms with Gasteiger partial charge in [0.1, 0.15) is 5.78 Å². The zero-order valence-electron chi connectivity index (χ0n) is 13.3. The summed E-state index contributed by atoms with van der Waals surface area (Å²) in [6.45, 7) is 8.41. The van der Waals surface area contributed by atoms with Crippen LogP contribution in [0.4, 0.5) is 0 Å². The minimum Gasteiger partial charge on any atom is -0.328 e. The number of benzene rings is 1. The first kappa shape index (κ1) is 18.1. The van der Waals surface area contributed by atoms with Crippen LogP contribution in [0.1, 0.15) is 45.1 Å². The first-order chi connectivity index (χ1) is 10.1. The summed E-state index contributed by atoms with van der Waals surface area (Å²) in [5.41, 5.74) is 6.95. The van der Waals surface area contributed by atoms with Crippen LogP contribution in [0.5, 0.6) is 0 Å². The number of nitrogens with two attached hydrogens (primary N) is 1. The summed E-state index contributed by atoms with van der Waals surface area (Å²) in [4.78, 5) is 14.2. The van der Waals surface area contributed by atoms with Crippen molar-refractivity contribution in [2.24, 2.45) is 5.73 Å². The molecule has 4 heteroatoms. The van der Waals surface area contributed by atoms with Crippen LogP contribution in [0.25, 0.3) is 0 Å². The molecule has 0 saturated carbocycles. The van der Waals surface area contributed by atoms with Crippen LogP contribution >= 0.6 is 11.6 Å². The summed E-state index contributed by atoms with van der Waals surface area (Å²) in [5, 5.41) is 0.704. The fourth-order valence-corrected chi connectivity index (χ4v) is 2.68. The van der Waals surface area contributed by atoms with Gasteiger partial charge >= 0.3 is 0 Å². The molecule has 0 aromatic heterocycles. The van der Waals surface area contributed by atoms with E-state index >= 15 is 0 Å². The second-order valence-corrected chi connectivity index (χ2v) is 5.79. The molecule has 3 nitrogen and oxygen atoms in total. The predicted molar refractivity (Wildman–Crippen MR) is 89.9 cm³/mol. The van der Waals surface area contributed by atoms with Crippen LogP contribution < -0.4 is 5.73 Å². The summed E-state index contributed by atoms with van der Waals surface area (Å²) < 4.78 is 0. The van der Waals surface area contributed by atoms with E-state index in [9.17, 15) is 4.79 Å². The van der Waals surface area contributed by atoms with Gasteiger partial charge in [0.25, 0.3) is 0 Å². The zero-order chi connectivity index (χ0) is 15.8. The van der Waals surface area contributed by atoms with Crippen molar-refractivity contribution in [1.29, 1.82) is 0 Å². The van der Waals surface area contributed by atoms with Gasteiger partial charge in [0, 0.05) is 17.6 Å². The number of likely N-dealkylation sites (tertiary alicyclic amines) is 1. The normalized spacial score (nSPS) is 17.8. The molecule has 118 valence electrons. The third kappa shape index (κ3) is 5.77. The van der Waals surface area contributed by atoms with Gasteiger partial charge in [-0.25, -0.2) is 0 Å². The first-order valence-electron chi connectivity index (χ1n) is 7.80. The highest BCUT2D eigenvalue weighted by molar-refractivity contribution is 6.30. The Morgan fingerprint density at radius 2 is 1.81 bits per heavy atom. The van der Waals surface area contributed by atoms with E-state index in [1.165, 1.54) is 0 Å². The number of ketones is 1. The van der Waals surface area contributed by atoms with Crippen molar-refractivity contribution in [1.82, 2.24) is 4.90 Å². The van der Waals surface area contributed by atoms with Crippen LogP contribution in [0.3, 0.4) is 0 Å². The molecule has 0 bridgehead atoms. The van der Waals surface area contributed by atoms with Gasteiger partial charge in [-0.15, -0.1) is 0 Å². The lowest BCUT2D eigenvalue weighted by Crippen LogP contribution is -2.42. The van der Waals surface area contributed by atoms with Crippen LogP contribution in [0, 0.1) is 0 Å². The largest absolute Gasteiger partial charge is 0.328 e. The van der Waals surface area contributed by atoms with Crippen LogP contribution in [0.15, 0.2) is 24.3 Å². The number of hydrogen-bond acceptors (Lipinski definition) is 3. The highest BCUT2D eigenvalue weighted by atomic mass is 35.5. The summed E-state index contributed by atoms with van der Waals surface area (Å²) in [5.74, 6) is 0.142. The minimum atomic E-state index is -0.0633. The molecular weight excluding hydrogens is 284 g/mol. The van der Waals surface area contributed by atoms with E-state index in [4.69, 9.17) is 17.3 Å². The van der Waals surface area contributed by atoms with E-state index in [1.54, 1.807) is 6.92 Å². The van der Waals surface area contributed by atoms with Crippen molar-refractivity contribution in [2.45, 2.75) is 45.6 Å². The maximum Gasteiger partial charge on any atom is 0.138 e. The molecule has 1 atom stereocenters. The molecule has 1 heterocycles. The number of carbonyl (C=O) groups excluding carboxylic acids is 1. The van der Waals surface area contributed by atoms with Gasteiger partial charge in [0.15, 0.2) is 0 Å². The number of nitrogens with zero attached hydrogens (tertiary/aromatic N) is 1. The number of halogens is 1. The Kier molecular flexibility index (Phi) is 7.94. The molecule has 0 spiro atoms. The number of carbonyl (C=O) groups is 1. The summed E-state index contributed by atoms with van der Waals surface area (Å²) in [6.07, 6.45) is 2.04. The Hall–Kier alpha value is -0.900. The Labute approximate surface area is 133 Å². The SMILES string of the molecule is CC.CC(=O)C(CN1CCC(N)CC1)c1ccc(Cl)cc1. The molecule has 1 saturated heterocycles. The third-order valence-corrected chi connectivity index (χ3v) is 4.09. The Bertz CT molecular complexity index is 425. The molecule has 1 fully saturated rings. The number of rotatable bonds is 4. The van der Waals surface area contributed by atoms with E-state index in [0.717, 1.165) is 38.0 Å². The molecule has 0 aliphatic carbocycles. The lowest BCUT2D eigenvalue weighted by Gasteiger charge is -2.32. The van der Waals surface area contributed by atoms with Crippen LogP contribution in [0.2, 0.25) is 5.02 Å². The number of hydrogen-bond donors (Lipinski definition) is 1. The lowest BCUT2D eigenvalue weighted by molar-refractivity contribution is -0.118. The van der Waals surface area contributed by atoms with Gasteiger partial charge < -0.3 is 10.6 Å². The maximum absolute atomic E-state index is 11.9. The van der Waals surface area contributed by atoms with Gasteiger partial charge in [-0.05, 0) is 50.6 Å². The molecule has 0 amide bonds. The Balaban J connectivity index is 0.00000106. The molecule has 1 aromatic rings. The maximum atomic E-state index is 11.9. The van der Waals surface area contributed by atoms with Crippen LogP contribution in [-0.2, 0) is 4.79 Å². The average molecular weight is 311 g/mol. The zero-order valence-corrected chi connectivity index (χ0v) is 14.1. The summed E-state index contributed by atoms with van der Waals surface area (Å²) in [7, 11) is 0. The van der Waals surface area contributed by atoms with E-state index in [2.05, 4.69) is 4.90 Å². The fraction of sp³-hybridized carbons (Fsp3) is 0.588. The minimum absolute atomic E-state index is 0.0633. The molecule has 21 heavy (non-hydrogen) atoms. The van der Waals surface area contributed by atoms with Gasteiger partial charge in [-0.3, -0.25) is 4.79 Å². The van der Waals surface area contributed by atoms with E-state index in [-0.39, 0.29) is 11.7 Å². The summed E-state index contributed by atoms with van der Waals surface area (Å²) in [6, 6.07) is 7.91. The van der Waals surface area contributed by atoms with Crippen molar-refractivity contribution in [3.05, 3.63) is 34.9 Å². The van der Waals surface area contributed by atoms with Crippen LogP contribution in [-0.4, -0.2) is 36.4 Å². The topological polar surface area (TPSA) is 46.3 Å². The molecule has 2 N–H and O–H groups in total. The van der Waals surface area contributed by atoms with Crippen molar-refractivity contribution < 1.29 is 4.79 Å². The first-order valence-corrected chi connectivity index (χ1v) is 8.18. The Morgan fingerprint density at radius 3 is 2.29 bits per heavy atom. The van der Waals surface area contributed by atoms with Gasteiger partial charge in [-0.2, -0.15) is 0 Å². The van der Waals surface area contributed by atoms with E-state index in [0.29, 0.717) is 11.1 Å². The monoisotopic (exact) mass is 310 g/mol. The quantitative estimate of drug-likeness (QED) is 0.926. The Morgan fingerprint density at radius 1 is 1.29 bits per heavy atom. The standard InChI is InChI=1S/C15H21ClN2O.C2H6/c1-11(19)15(12-2-4-13(16)5-3-12)10-18-8-6-14(17)7-9-18;1-2/h2-5,14-15H,6-10,17H2,1H3;1-2H3. The average Bonchev–Trinajstić information content (AvgIpc) is 2.49. The second kappa shape index (κ2) is 9.19. The number of Topliss-reactive ketones (excluding diaryl/α,β-unsaturated/α-hetero) is 1. The van der Waals surface area contributed by atoms with Crippen molar-refractivity contribution in [2.75, 3.05) is 19.6 Å². The molecular formula is C17H27ClN2O. The van der Waals surface area contributed by atoms with Crippen molar-refractivity contribution >= 4 is 17.4 Å². The fourth-order valence-electron chi connectivity index (χ4n) is 2.56. The van der Waals surface area contributed by atoms with Crippen molar-refractivity contribution in [3.8, 4) is 0 Å². The molecule has 0 radical (unpaired) electrons. The van der Waals surface area contributed by atoms with Crippen molar-refractivity contribution in [3.63, 3.8) is 0 Å². The molecule has 1 aliphatic rings. The molecule has 1 aliphatic heterocycles. The second-order valence-electron chi connectivity index (χ2n) is 5.35. The van der Waals surface area contributed by atoms with Gasteiger partial charge in [0.2, 0.25) is 0 Å². The van der Waals surface area contributed by atoms with E-state index in [1.807, 2.05) is 38.1 Å². The lowest BCUT2D eigenvalue weighted by atomic mass is 9.93. The van der Waals surface area contributed by atoms with Gasteiger partial charge in [-0.1, -0.05) is 37.6 Å². The third-order valence-electron chi connectivity index (χ3n) is 3.84. The smallest absolute Gasteiger partial charge is 0.138 e. The molecule has 1 unspecified atom stereocenters. The summed E-state index contributed by atoms with van der Waals surface area (Å²) >= 11 is 5.89. The highest BCUT2D eigenvalue weighted by Gasteiger charge is 2.23. The predicted octanol–water partition coefficient (Wildman–Crippen LogP) is 3.46.